The summed E-state index contributed by atoms with van der Waals surface area (Å²) in [6.07, 6.45) is -0.139. The second-order valence-corrected chi connectivity index (χ2v) is 6.93. The van der Waals surface area contributed by atoms with E-state index in [-0.39, 0.29) is 13.1 Å². The van der Waals surface area contributed by atoms with E-state index in [1.54, 1.807) is 13.8 Å². The smallest absolute Gasteiger partial charge is 0.322 e. The van der Waals surface area contributed by atoms with Crippen LogP contribution in [-0.4, -0.2) is 55.9 Å². The molecule has 0 radical (unpaired) electrons. The first-order valence-electron chi connectivity index (χ1n) is 5.42. The van der Waals surface area contributed by atoms with E-state index < -0.39 is 33.3 Å². The fourth-order valence-corrected chi connectivity index (χ4v) is 3.34. The molecular formula is C10H19NO5S. The number of esters is 1. The molecule has 1 heterocycles. The Bertz CT molecular complexity index is 390. The Kier molecular flexibility index (Phi) is 4.16. The highest BCUT2D eigenvalue weighted by molar-refractivity contribution is 7.89. The number of carbonyl (C=O) groups excluding carboxylic acids is 1. The average Bonchev–Trinajstić information content (AvgIpc) is 2.21. The molecule has 1 aliphatic rings. The minimum absolute atomic E-state index is 0.216. The van der Waals surface area contributed by atoms with E-state index in [4.69, 9.17) is 0 Å². The summed E-state index contributed by atoms with van der Waals surface area (Å²) in [5.74, 6) is -1.41. The second-order valence-electron chi connectivity index (χ2n) is 4.96. The van der Waals surface area contributed by atoms with Crippen molar-refractivity contribution in [3.8, 4) is 0 Å². The average molecular weight is 265 g/mol. The topological polar surface area (TPSA) is 83.9 Å². The van der Waals surface area contributed by atoms with Gasteiger partial charge in [0.15, 0.2) is 5.75 Å². The van der Waals surface area contributed by atoms with Gasteiger partial charge in [-0.15, -0.1) is 0 Å². The van der Waals surface area contributed by atoms with Crippen molar-refractivity contribution in [3.63, 3.8) is 0 Å². The number of hydrogen-bond donors (Lipinski definition) is 1. The van der Waals surface area contributed by atoms with Crippen LogP contribution in [0.25, 0.3) is 0 Å². The van der Waals surface area contributed by atoms with Crippen molar-refractivity contribution in [2.24, 2.45) is 5.41 Å². The van der Waals surface area contributed by atoms with E-state index in [9.17, 15) is 18.3 Å². The maximum atomic E-state index is 11.9. The molecule has 7 heteroatoms. The SMILES string of the molecule is COC(=O)CS(=O)(=O)N1CCC(O)C(C)(C)C1. The largest absolute Gasteiger partial charge is 0.468 e. The monoisotopic (exact) mass is 265 g/mol. The maximum Gasteiger partial charge on any atom is 0.322 e. The Hall–Kier alpha value is -0.660. The first-order valence-corrected chi connectivity index (χ1v) is 7.02. The molecule has 0 saturated carbocycles. The van der Waals surface area contributed by atoms with E-state index in [0.29, 0.717) is 6.42 Å². The van der Waals surface area contributed by atoms with Crippen LogP contribution in [0.4, 0.5) is 0 Å². The molecule has 0 aliphatic carbocycles. The van der Waals surface area contributed by atoms with Crippen molar-refractivity contribution in [1.29, 1.82) is 0 Å². The Morgan fingerprint density at radius 1 is 1.53 bits per heavy atom. The van der Waals surface area contributed by atoms with Crippen LogP contribution in [0.5, 0.6) is 0 Å². The van der Waals surface area contributed by atoms with E-state index in [0.717, 1.165) is 7.11 Å². The predicted octanol–water partition coefficient (Wildman–Crippen LogP) is -0.418. The Balaban J connectivity index is 2.77. The van der Waals surface area contributed by atoms with Crippen molar-refractivity contribution in [3.05, 3.63) is 0 Å². The van der Waals surface area contributed by atoms with Crippen LogP contribution in [0.2, 0.25) is 0 Å². The zero-order chi connectivity index (χ0) is 13.3. The van der Waals surface area contributed by atoms with E-state index in [1.165, 1.54) is 4.31 Å². The molecule has 1 saturated heterocycles. The number of aliphatic hydroxyl groups excluding tert-OH is 1. The molecular weight excluding hydrogens is 246 g/mol. The summed E-state index contributed by atoms with van der Waals surface area (Å²) in [6.45, 7) is 4.06. The van der Waals surface area contributed by atoms with Gasteiger partial charge in [-0.25, -0.2) is 12.7 Å². The van der Waals surface area contributed by atoms with Crippen LogP contribution in [0.15, 0.2) is 0 Å². The quantitative estimate of drug-likeness (QED) is 0.701. The number of rotatable bonds is 3. The molecule has 1 aliphatic heterocycles. The molecule has 0 aromatic heterocycles. The van der Waals surface area contributed by atoms with E-state index >= 15 is 0 Å². The normalized spacial score (nSPS) is 25.5. The lowest BCUT2D eigenvalue weighted by Crippen LogP contribution is -2.51. The number of piperidine rings is 1. The number of ether oxygens (including phenoxy) is 1. The highest BCUT2D eigenvalue weighted by Gasteiger charge is 2.39. The summed E-state index contributed by atoms with van der Waals surface area (Å²) >= 11 is 0. The first-order chi connectivity index (χ1) is 7.69. The molecule has 0 amide bonds. The van der Waals surface area contributed by atoms with Gasteiger partial charge in [-0.05, 0) is 6.42 Å². The molecule has 1 N–H and O–H groups in total. The third-order valence-corrected chi connectivity index (χ3v) is 4.76. The van der Waals surface area contributed by atoms with Crippen molar-refractivity contribution in [2.75, 3.05) is 26.0 Å². The molecule has 1 atom stereocenters. The van der Waals surface area contributed by atoms with Crippen LogP contribution in [0.1, 0.15) is 20.3 Å². The molecule has 100 valence electrons. The highest BCUT2D eigenvalue weighted by Crippen LogP contribution is 2.30. The van der Waals surface area contributed by atoms with Crippen LogP contribution in [-0.2, 0) is 19.6 Å². The lowest BCUT2D eigenvalue weighted by atomic mass is 9.82. The van der Waals surface area contributed by atoms with Gasteiger partial charge in [-0.2, -0.15) is 0 Å². The maximum absolute atomic E-state index is 11.9. The summed E-state index contributed by atoms with van der Waals surface area (Å²) < 4.78 is 29.4. The third-order valence-electron chi connectivity index (χ3n) is 3.06. The minimum Gasteiger partial charge on any atom is -0.468 e. The molecule has 0 aromatic carbocycles. The molecule has 1 unspecified atom stereocenters. The Labute approximate surface area is 102 Å². The summed E-state index contributed by atoms with van der Waals surface area (Å²) in [7, 11) is -2.49. The lowest BCUT2D eigenvalue weighted by Gasteiger charge is -2.40. The van der Waals surface area contributed by atoms with Gasteiger partial charge < -0.3 is 9.84 Å². The van der Waals surface area contributed by atoms with Gasteiger partial charge >= 0.3 is 5.97 Å². The standard InChI is InChI=1S/C10H19NO5S/c1-10(2)7-11(5-4-8(10)12)17(14,15)6-9(13)16-3/h8,12H,4-7H2,1-3H3. The molecule has 1 rings (SSSR count). The number of hydrogen-bond acceptors (Lipinski definition) is 5. The summed E-state index contributed by atoms with van der Waals surface area (Å²) in [4.78, 5) is 11.0. The number of methoxy groups -OCH3 is 1. The fraction of sp³-hybridized carbons (Fsp3) is 0.900. The molecule has 0 spiro atoms. The van der Waals surface area contributed by atoms with Gasteiger partial charge in [0.25, 0.3) is 0 Å². The summed E-state index contributed by atoms with van der Waals surface area (Å²) in [5, 5.41) is 9.74. The van der Waals surface area contributed by atoms with Crippen LogP contribution >= 0.6 is 0 Å². The third kappa shape index (κ3) is 3.40. The van der Waals surface area contributed by atoms with Crippen molar-refractivity contribution >= 4 is 16.0 Å². The minimum atomic E-state index is -3.64. The zero-order valence-corrected chi connectivity index (χ0v) is 11.2. The number of aliphatic hydroxyl groups is 1. The highest BCUT2D eigenvalue weighted by atomic mass is 32.2. The Morgan fingerprint density at radius 2 is 2.12 bits per heavy atom. The van der Waals surface area contributed by atoms with Crippen LogP contribution < -0.4 is 0 Å². The van der Waals surface area contributed by atoms with Gasteiger partial charge in [-0.3, -0.25) is 4.79 Å². The van der Waals surface area contributed by atoms with Crippen LogP contribution in [0.3, 0.4) is 0 Å². The summed E-state index contributed by atoms with van der Waals surface area (Å²) in [5.41, 5.74) is -0.499. The molecule has 1 fully saturated rings. The van der Waals surface area contributed by atoms with Crippen molar-refractivity contribution < 1.29 is 23.1 Å². The van der Waals surface area contributed by atoms with Gasteiger partial charge in [0.2, 0.25) is 10.0 Å². The first kappa shape index (κ1) is 14.4. The number of carbonyl (C=O) groups is 1. The van der Waals surface area contributed by atoms with E-state index in [1.807, 2.05) is 0 Å². The van der Waals surface area contributed by atoms with Gasteiger partial charge in [0, 0.05) is 18.5 Å². The van der Waals surface area contributed by atoms with Crippen LogP contribution in [0, 0.1) is 5.41 Å². The van der Waals surface area contributed by atoms with Crippen molar-refractivity contribution in [2.45, 2.75) is 26.4 Å². The molecule has 6 nitrogen and oxygen atoms in total. The number of sulfonamides is 1. The summed E-state index contributed by atoms with van der Waals surface area (Å²) in [6, 6.07) is 0. The van der Waals surface area contributed by atoms with Gasteiger partial charge in [-0.1, -0.05) is 13.8 Å². The molecule has 0 bridgehead atoms. The fourth-order valence-electron chi connectivity index (χ4n) is 1.83. The lowest BCUT2D eigenvalue weighted by molar-refractivity contribution is -0.137. The molecule has 17 heavy (non-hydrogen) atoms. The Morgan fingerprint density at radius 3 is 2.59 bits per heavy atom. The predicted molar refractivity (Wildman–Crippen MR) is 61.8 cm³/mol. The van der Waals surface area contributed by atoms with Crippen molar-refractivity contribution in [1.82, 2.24) is 4.31 Å². The molecule has 0 aromatic rings. The van der Waals surface area contributed by atoms with E-state index in [2.05, 4.69) is 4.74 Å². The number of nitrogens with zero attached hydrogens (tertiary/aromatic N) is 1. The second kappa shape index (κ2) is 4.91. The zero-order valence-electron chi connectivity index (χ0n) is 10.3. The van der Waals surface area contributed by atoms with Gasteiger partial charge in [0.1, 0.15) is 0 Å². The van der Waals surface area contributed by atoms with Gasteiger partial charge in [0.05, 0.1) is 13.2 Å².